The highest BCUT2D eigenvalue weighted by molar-refractivity contribution is 5.90. The second-order valence-corrected chi connectivity index (χ2v) is 3.08. The molecule has 0 aliphatic rings. The van der Waals surface area contributed by atoms with Gasteiger partial charge in [0.15, 0.2) is 0 Å². The van der Waals surface area contributed by atoms with Crippen LogP contribution in [0.3, 0.4) is 0 Å². The summed E-state index contributed by atoms with van der Waals surface area (Å²) in [5.41, 5.74) is 1.94. The number of esters is 1. The van der Waals surface area contributed by atoms with Crippen molar-refractivity contribution in [3.05, 3.63) is 30.1 Å². The zero-order valence-electron chi connectivity index (χ0n) is 8.78. The third-order valence-electron chi connectivity index (χ3n) is 1.97. The number of ether oxygens (including phenoxy) is 1. The largest absolute Gasteiger partial charge is 0.463 e. The van der Waals surface area contributed by atoms with Crippen molar-refractivity contribution in [2.45, 2.75) is 13.8 Å². The molecule has 3 nitrogen and oxygen atoms in total. The Balaban J connectivity index is 2.79. The molecule has 3 heteroatoms. The minimum Gasteiger partial charge on any atom is -0.463 e. The average molecular weight is 193 g/mol. The first-order chi connectivity index (χ1) is 6.65. The van der Waals surface area contributed by atoms with Gasteiger partial charge in [0.1, 0.15) is 0 Å². The van der Waals surface area contributed by atoms with Crippen LogP contribution in [0.5, 0.6) is 0 Å². The van der Waals surface area contributed by atoms with Crippen LogP contribution in [0.15, 0.2) is 24.4 Å². The number of aryl methyl sites for hydroxylation is 1. The van der Waals surface area contributed by atoms with Gasteiger partial charge in [0.05, 0.1) is 6.61 Å². The second kappa shape index (κ2) is 4.65. The van der Waals surface area contributed by atoms with E-state index in [2.05, 4.69) is 0 Å². The Kier molecular flexibility index (Phi) is 3.51. The van der Waals surface area contributed by atoms with E-state index in [1.54, 1.807) is 6.92 Å². The molecule has 0 spiro atoms. The third-order valence-corrected chi connectivity index (χ3v) is 1.97. The van der Waals surface area contributed by atoms with E-state index in [9.17, 15) is 4.79 Å². The highest BCUT2D eigenvalue weighted by Crippen LogP contribution is 2.13. The fourth-order valence-corrected chi connectivity index (χ4v) is 1.31. The fourth-order valence-electron chi connectivity index (χ4n) is 1.31. The maximum Gasteiger partial charge on any atom is 0.331 e. The lowest BCUT2D eigenvalue weighted by Gasteiger charge is -2.03. The molecule has 1 aromatic heterocycles. The van der Waals surface area contributed by atoms with Gasteiger partial charge in [-0.15, -0.1) is 0 Å². The van der Waals surface area contributed by atoms with Gasteiger partial charge in [0, 0.05) is 25.0 Å². The molecule has 0 aliphatic carbocycles. The fraction of sp³-hybridized carbons (Fsp3) is 0.364. The van der Waals surface area contributed by atoms with Crippen LogP contribution in [0.4, 0.5) is 0 Å². The molecule has 0 saturated carbocycles. The number of carbonyl (C=O) groups excluding carboxylic acids is 1. The normalized spacial score (nSPS) is 11.5. The predicted octanol–water partition coefficient (Wildman–Crippen LogP) is 1.99. The Bertz CT molecular complexity index is 350. The van der Waals surface area contributed by atoms with Crippen molar-refractivity contribution in [3.8, 4) is 0 Å². The zero-order chi connectivity index (χ0) is 10.6. The molecular formula is C11H15NO2. The number of nitrogens with zero attached hydrogens (tertiary/aromatic N) is 1. The summed E-state index contributed by atoms with van der Waals surface area (Å²) < 4.78 is 6.79. The van der Waals surface area contributed by atoms with Crippen LogP contribution >= 0.6 is 0 Å². The van der Waals surface area contributed by atoms with Gasteiger partial charge in [-0.1, -0.05) is 0 Å². The molecule has 0 radical (unpaired) electrons. The lowest BCUT2D eigenvalue weighted by Crippen LogP contribution is -2.01. The molecule has 1 rings (SSSR count). The molecule has 14 heavy (non-hydrogen) atoms. The SMILES string of the molecule is CCOC(=O)/C=C(/C)c1cccn1C. The van der Waals surface area contributed by atoms with E-state index in [-0.39, 0.29) is 5.97 Å². The van der Waals surface area contributed by atoms with E-state index >= 15 is 0 Å². The predicted molar refractivity (Wildman–Crippen MR) is 55.7 cm³/mol. The molecular weight excluding hydrogens is 178 g/mol. The topological polar surface area (TPSA) is 31.2 Å². The van der Waals surface area contributed by atoms with Gasteiger partial charge >= 0.3 is 5.97 Å². The van der Waals surface area contributed by atoms with Crippen LogP contribution in [0, 0.1) is 0 Å². The van der Waals surface area contributed by atoms with Gasteiger partial charge in [0.25, 0.3) is 0 Å². The summed E-state index contributed by atoms with van der Waals surface area (Å²) in [6.45, 7) is 4.10. The maximum absolute atomic E-state index is 11.2. The van der Waals surface area contributed by atoms with Gasteiger partial charge in [-0.2, -0.15) is 0 Å². The van der Waals surface area contributed by atoms with Crippen LogP contribution in [-0.2, 0) is 16.6 Å². The van der Waals surface area contributed by atoms with Gasteiger partial charge in [-0.05, 0) is 31.6 Å². The van der Waals surface area contributed by atoms with E-state index in [0.717, 1.165) is 11.3 Å². The molecule has 0 aliphatic heterocycles. The van der Waals surface area contributed by atoms with Crippen LogP contribution in [0.2, 0.25) is 0 Å². The number of hydrogen-bond acceptors (Lipinski definition) is 2. The molecule has 0 fully saturated rings. The molecule has 0 aromatic carbocycles. The number of allylic oxidation sites excluding steroid dienone is 1. The van der Waals surface area contributed by atoms with Crippen molar-refractivity contribution in [2.75, 3.05) is 6.61 Å². The first-order valence-corrected chi connectivity index (χ1v) is 4.62. The highest BCUT2D eigenvalue weighted by atomic mass is 16.5. The number of carbonyl (C=O) groups is 1. The lowest BCUT2D eigenvalue weighted by molar-refractivity contribution is -0.137. The molecule has 0 saturated heterocycles. The summed E-state index contributed by atoms with van der Waals surface area (Å²) in [7, 11) is 1.94. The summed E-state index contributed by atoms with van der Waals surface area (Å²) in [5, 5.41) is 0. The molecule has 1 heterocycles. The van der Waals surface area contributed by atoms with Crippen LogP contribution in [0.1, 0.15) is 19.5 Å². The average Bonchev–Trinajstić information content (AvgIpc) is 2.51. The second-order valence-electron chi connectivity index (χ2n) is 3.08. The van der Waals surface area contributed by atoms with Crippen LogP contribution in [-0.4, -0.2) is 17.1 Å². The Morgan fingerprint density at radius 2 is 2.36 bits per heavy atom. The Hall–Kier alpha value is -1.51. The summed E-state index contributed by atoms with van der Waals surface area (Å²) in [6, 6.07) is 3.91. The Morgan fingerprint density at radius 1 is 1.64 bits per heavy atom. The van der Waals surface area contributed by atoms with Gasteiger partial charge in [-0.25, -0.2) is 4.79 Å². The molecule has 0 unspecified atom stereocenters. The summed E-state index contributed by atoms with van der Waals surface area (Å²) in [4.78, 5) is 11.2. The van der Waals surface area contributed by atoms with E-state index < -0.39 is 0 Å². The van der Waals surface area contributed by atoms with Crippen molar-refractivity contribution >= 4 is 11.5 Å². The van der Waals surface area contributed by atoms with Gasteiger partial charge < -0.3 is 9.30 Å². The minimum absolute atomic E-state index is 0.286. The molecule has 0 bridgehead atoms. The van der Waals surface area contributed by atoms with E-state index in [4.69, 9.17) is 4.74 Å². The molecule has 76 valence electrons. The van der Waals surface area contributed by atoms with Crippen LogP contribution in [0.25, 0.3) is 5.57 Å². The van der Waals surface area contributed by atoms with E-state index in [1.807, 2.05) is 36.9 Å². The standard InChI is InChI=1S/C11H15NO2/c1-4-14-11(13)8-9(2)10-6-5-7-12(10)3/h5-8H,4H2,1-3H3/b9-8-. The Morgan fingerprint density at radius 3 is 2.86 bits per heavy atom. The molecule has 0 amide bonds. The van der Waals surface area contributed by atoms with Crippen LogP contribution < -0.4 is 0 Å². The number of rotatable bonds is 3. The number of hydrogen-bond donors (Lipinski definition) is 0. The van der Waals surface area contributed by atoms with Crippen molar-refractivity contribution in [1.29, 1.82) is 0 Å². The maximum atomic E-state index is 11.2. The van der Waals surface area contributed by atoms with Crippen molar-refractivity contribution in [3.63, 3.8) is 0 Å². The zero-order valence-corrected chi connectivity index (χ0v) is 8.78. The molecule has 0 atom stereocenters. The summed E-state index contributed by atoms with van der Waals surface area (Å²) >= 11 is 0. The smallest absolute Gasteiger partial charge is 0.331 e. The van der Waals surface area contributed by atoms with Crippen molar-refractivity contribution in [2.24, 2.45) is 7.05 Å². The quantitative estimate of drug-likeness (QED) is 0.543. The van der Waals surface area contributed by atoms with E-state index in [0.29, 0.717) is 6.61 Å². The first-order valence-electron chi connectivity index (χ1n) is 4.62. The lowest BCUT2D eigenvalue weighted by atomic mass is 10.2. The molecule has 0 N–H and O–H groups in total. The van der Waals surface area contributed by atoms with Gasteiger partial charge in [-0.3, -0.25) is 0 Å². The number of aromatic nitrogens is 1. The monoisotopic (exact) mass is 193 g/mol. The summed E-state index contributed by atoms with van der Waals surface area (Å²) in [6.07, 6.45) is 3.46. The minimum atomic E-state index is -0.286. The van der Waals surface area contributed by atoms with Crippen molar-refractivity contribution < 1.29 is 9.53 Å². The first kappa shape index (κ1) is 10.6. The molecule has 1 aromatic rings. The summed E-state index contributed by atoms with van der Waals surface area (Å²) in [5.74, 6) is -0.286. The third kappa shape index (κ3) is 2.49. The van der Waals surface area contributed by atoms with E-state index in [1.165, 1.54) is 6.08 Å². The Labute approximate surface area is 84.0 Å². The van der Waals surface area contributed by atoms with Crippen molar-refractivity contribution in [1.82, 2.24) is 4.57 Å². The highest BCUT2D eigenvalue weighted by Gasteiger charge is 2.02. The van der Waals surface area contributed by atoms with Gasteiger partial charge in [0.2, 0.25) is 0 Å².